The average Bonchev–Trinajstić information content (AvgIpc) is 3.21. The molecule has 0 bridgehead atoms. The number of nitrogens with one attached hydrogen (secondary N) is 1. The molecular weight excluding hydrogens is 358 g/mol. The fraction of sp³-hybridized carbons (Fsp3) is 0.500. The number of hydrogen-bond donors (Lipinski definition) is 2. The summed E-state index contributed by atoms with van der Waals surface area (Å²) in [6.45, 7) is 5.87. The van der Waals surface area contributed by atoms with E-state index in [0.29, 0.717) is 15.7 Å². The Morgan fingerprint density at radius 3 is 2.80 bits per heavy atom. The summed E-state index contributed by atoms with van der Waals surface area (Å²) in [4.78, 5) is 25.6. The molecule has 3 N–H and O–H groups in total. The summed E-state index contributed by atoms with van der Waals surface area (Å²) in [7, 11) is 0. The molecule has 9 heteroatoms. The molecule has 0 radical (unpaired) electrons. The molecule has 1 aliphatic carbocycles. The van der Waals surface area contributed by atoms with Crippen molar-refractivity contribution in [3.05, 3.63) is 22.3 Å². The van der Waals surface area contributed by atoms with Crippen molar-refractivity contribution in [1.82, 2.24) is 14.8 Å². The van der Waals surface area contributed by atoms with Gasteiger partial charge in [0.2, 0.25) is 5.91 Å². The Hall–Kier alpha value is -1.87. The summed E-state index contributed by atoms with van der Waals surface area (Å²) in [6.07, 6.45) is 4.49. The summed E-state index contributed by atoms with van der Waals surface area (Å²) in [5, 5.41) is 11.8. The van der Waals surface area contributed by atoms with Crippen molar-refractivity contribution in [1.29, 1.82) is 0 Å². The Morgan fingerprint density at radius 2 is 2.12 bits per heavy atom. The monoisotopic (exact) mass is 379 g/mol. The lowest BCUT2D eigenvalue weighted by molar-refractivity contribution is -0.115. The summed E-state index contributed by atoms with van der Waals surface area (Å²) in [5.74, 6) is -0.653. The average molecular weight is 380 g/mol. The van der Waals surface area contributed by atoms with Gasteiger partial charge in [0.05, 0.1) is 10.8 Å². The molecule has 0 aromatic carbocycles. The number of anilines is 1. The summed E-state index contributed by atoms with van der Waals surface area (Å²) < 4.78 is 1.92. The number of amides is 2. The summed E-state index contributed by atoms with van der Waals surface area (Å²) in [5.41, 5.74) is 7.02. The van der Waals surface area contributed by atoms with Crippen molar-refractivity contribution in [3.63, 3.8) is 0 Å². The van der Waals surface area contributed by atoms with Gasteiger partial charge >= 0.3 is 0 Å². The number of aromatic nitrogens is 3. The van der Waals surface area contributed by atoms with Crippen LogP contribution >= 0.6 is 23.1 Å². The molecule has 1 aliphatic rings. The van der Waals surface area contributed by atoms with E-state index in [1.165, 1.54) is 23.1 Å². The van der Waals surface area contributed by atoms with Crippen molar-refractivity contribution in [2.45, 2.75) is 56.5 Å². The van der Waals surface area contributed by atoms with E-state index < -0.39 is 5.91 Å². The lowest BCUT2D eigenvalue weighted by atomic mass is 10.1. The van der Waals surface area contributed by atoms with E-state index in [9.17, 15) is 9.59 Å². The molecule has 0 saturated heterocycles. The molecule has 0 fully saturated rings. The first-order valence-electron chi connectivity index (χ1n) is 8.19. The van der Waals surface area contributed by atoms with Crippen molar-refractivity contribution in [2.24, 2.45) is 5.73 Å². The highest BCUT2D eigenvalue weighted by atomic mass is 32.2. The van der Waals surface area contributed by atoms with E-state index in [-0.39, 0.29) is 17.2 Å². The number of rotatable bonds is 6. The van der Waals surface area contributed by atoms with Gasteiger partial charge in [0.1, 0.15) is 11.3 Å². The van der Waals surface area contributed by atoms with Crippen LogP contribution in [0.15, 0.2) is 11.5 Å². The molecule has 2 amide bonds. The Morgan fingerprint density at radius 1 is 1.36 bits per heavy atom. The number of hydrogen-bond acceptors (Lipinski definition) is 6. The molecule has 2 aromatic rings. The molecule has 7 nitrogen and oxygen atoms in total. The molecule has 0 saturated carbocycles. The Balaban J connectivity index is 1.74. The lowest BCUT2D eigenvalue weighted by Crippen LogP contribution is -2.24. The third-order valence-electron chi connectivity index (χ3n) is 4.15. The van der Waals surface area contributed by atoms with Crippen LogP contribution in [0.3, 0.4) is 0 Å². The predicted octanol–water partition coefficient (Wildman–Crippen LogP) is 2.63. The minimum atomic E-state index is -0.477. The molecule has 2 aromatic heterocycles. The van der Waals surface area contributed by atoms with Gasteiger partial charge in [0.25, 0.3) is 5.91 Å². The van der Waals surface area contributed by atoms with Crippen LogP contribution in [0.2, 0.25) is 0 Å². The number of primary amides is 1. The zero-order chi connectivity index (χ0) is 18.1. The van der Waals surface area contributed by atoms with E-state index in [4.69, 9.17) is 5.73 Å². The second kappa shape index (κ2) is 7.17. The van der Waals surface area contributed by atoms with Gasteiger partial charge in [-0.3, -0.25) is 9.59 Å². The van der Waals surface area contributed by atoms with Crippen LogP contribution < -0.4 is 11.1 Å². The molecular formula is C16H21N5O2S2. The van der Waals surface area contributed by atoms with E-state index >= 15 is 0 Å². The maximum absolute atomic E-state index is 12.6. The molecule has 2 heterocycles. The molecule has 25 heavy (non-hydrogen) atoms. The summed E-state index contributed by atoms with van der Waals surface area (Å²) in [6, 6.07) is 0.217. The number of nitrogens with zero attached hydrogens (tertiary/aromatic N) is 3. The fourth-order valence-electron chi connectivity index (χ4n) is 2.85. The lowest BCUT2D eigenvalue weighted by Gasteiger charge is -2.14. The van der Waals surface area contributed by atoms with Gasteiger partial charge < -0.3 is 15.6 Å². The first kappa shape index (κ1) is 17.9. The normalized spacial score (nSPS) is 14.6. The molecule has 134 valence electrons. The van der Waals surface area contributed by atoms with Crippen LogP contribution in [0.4, 0.5) is 5.00 Å². The van der Waals surface area contributed by atoms with Crippen molar-refractivity contribution in [2.75, 3.05) is 5.32 Å². The number of fused-ring (bicyclic) bond motifs is 1. The van der Waals surface area contributed by atoms with Crippen molar-refractivity contribution < 1.29 is 9.59 Å². The molecule has 1 atom stereocenters. The van der Waals surface area contributed by atoms with Gasteiger partial charge in [0, 0.05) is 10.9 Å². The van der Waals surface area contributed by atoms with Crippen LogP contribution in [0.25, 0.3) is 0 Å². The maximum Gasteiger partial charge on any atom is 0.251 e. The number of aryl methyl sites for hydroxylation is 1. The molecule has 3 rings (SSSR count). The van der Waals surface area contributed by atoms with Gasteiger partial charge in [-0.15, -0.1) is 21.5 Å². The van der Waals surface area contributed by atoms with Gasteiger partial charge in [-0.1, -0.05) is 11.8 Å². The van der Waals surface area contributed by atoms with Gasteiger partial charge in [-0.05, 0) is 45.6 Å². The van der Waals surface area contributed by atoms with Crippen molar-refractivity contribution >= 4 is 39.9 Å². The third-order valence-corrected chi connectivity index (χ3v) is 6.43. The first-order chi connectivity index (χ1) is 11.9. The summed E-state index contributed by atoms with van der Waals surface area (Å²) >= 11 is 2.81. The number of nitrogens with two attached hydrogens (primary N) is 1. The van der Waals surface area contributed by atoms with E-state index in [0.717, 1.165) is 29.7 Å². The Labute approximate surface area is 154 Å². The predicted molar refractivity (Wildman–Crippen MR) is 99.2 cm³/mol. The number of thioether (sulfide) groups is 1. The first-order valence-corrected chi connectivity index (χ1v) is 9.89. The van der Waals surface area contributed by atoms with Crippen LogP contribution in [0.5, 0.6) is 0 Å². The van der Waals surface area contributed by atoms with Gasteiger partial charge in [0.15, 0.2) is 5.16 Å². The van der Waals surface area contributed by atoms with E-state index in [2.05, 4.69) is 15.5 Å². The SMILES string of the molecule is CC(C)n1cnnc1S[C@H](C)C(=O)Nc1sc2c(c1C(N)=O)CCC2. The van der Waals surface area contributed by atoms with E-state index in [1.54, 1.807) is 6.33 Å². The van der Waals surface area contributed by atoms with Gasteiger partial charge in [-0.2, -0.15) is 0 Å². The maximum atomic E-state index is 12.6. The quantitative estimate of drug-likeness (QED) is 0.751. The van der Waals surface area contributed by atoms with Crippen LogP contribution in [0, 0.1) is 0 Å². The largest absolute Gasteiger partial charge is 0.365 e. The smallest absolute Gasteiger partial charge is 0.251 e. The Kier molecular flexibility index (Phi) is 5.14. The third kappa shape index (κ3) is 3.57. The Bertz CT molecular complexity index is 812. The van der Waals surface area contributed by atoms with Gasteiger partial charge in [-0.25, -0.2) is 0 Å². The second-order valence-electron chi connectivity index (χ2n) is 6.29. The zero-order valence-electron chi connectivity index (χ0n) is 14.4. The minimum Gasteiger partial charge on any atom is -0.365 e. The molecule has 0 unspecified atom stereocenters. The minimum absolute atomic E-state index is 0.175. The van der Waals surface area contributed by atoms with E-state index in [1.807, 2.05) is 25.3 Å². The highest BCUT2D eigenvalue weighted by Crippen LogP contribution is 2.39. The fourth-order valence-corrected chi connectivity index (χ4v) is 5.10. The number of carbonyl (C=O) groups is 2. The second-order valence-corrected chi connectivity index (χ2v) is 8.70. The van der Waals surface area contributed by atoms with Crippen LogP contribution in [-0.4, -0.2) is 31.8 Å². The van der Waals surface area contributed by atoms with Crippen LogP contribution in [0.1, 0.15) is 54.0 Å². The zero-order valence-corrected chi connectivity index (χ0v) is 16.0. The number of carbonyl (C=O) groups excluding carboxylic acids is 2. The standard InChI is InChI=1S/C16H21N5O2S2/c1-8(2)21-7-18-20-16(21)24-9(3)14(23)19-15-12(13(17)22)10-5-4-6-11(10)25-15/h7-9H,4-6H2,1-3H3,(H2,17,22)(H,19,23)/t9-/m1/s1. The topological polar surface area (TPSA) is 103 Å². The molecule has 0 aliphatic heterocycles. The highest BCUT2D eigenvalue weighted by Gasteiger charge is 2.27. The number of thiophene rings is 1. The van der Waals surface area contributed by atoms with Crippen molar-refractivity contribution in [3.8, 4) is 0 Å². The highest BCUT2D eigenvalue weighted by molar-refractivity contribution is 8.00. The molecule has 0 spiro atoms. The van der Waals surface area contributed by atoms with Crippen LogP contribution in [-0.2, 0) is 17.6 Å².